The first-order chi connectivity index (χ1) is 8.31. The maximum Gasteiger partial charge on any atom is 0.110 e. The van der Waals surface area contributed by atoms with Gasteiger partial charge in [0, 0.05) is 44.5 Å². The van der Waals surface area contributed by atoms with Gasteiger partial charge in [0.05, 0.1) is 11.7 Å². The molecule has 2 heterocycles. The minimum Gasteiger partial charge on any atom is -0.338 e. The topological polar surface area (TPSA) is 55.6 Å². The molecule has 0 amide bonds. The lowest BCUT2D eigenvalue weighted by Crippen LogP contribution is -2.25. The highest BCUT2D eigenvalue weighted by Gasteiger charge is 2.14. The van der Waals surface area contributed by atoms with Crippen molar-refractivity contribution in [2.45, 2.75) is 19.4 Å². The third-order valence-electron chi connectivity index (χ3n) is 2.70. The number of aryl methyl sites for hydroxylation is 1. The quantitative estimate of drug-likeness (QED) is 0.837. The van der Waals surface area contributed by atoms with E-state index in [1.54, 1.807) is 18.6 Å². The molecule has 0 aliphatic rings. The van der Waals surface area contributed by atoms with E-state index in [0.717, 1.165) is 24.5 Å². The van der Waals surface area contributed by atoms with Gasteiger partial charge in [-0.05, 0) is 6.54 Å². The Bertz CT molecular complexity index is 451. The molecule has 2 aromatic heterocycles. The maximum absolute atomic E-state index is 4.35. The molecule has 0 saturated heterocycles. The van der Waals surface area contributed by atoms with Crippen molar-refractivity contribution in [3.63, 3.8) is 0 Å². The molecule has 5 nitrogen and oxygen atoms in total. The number of rotatable bonds is 5. The van der Waals surface area contributed by atoms with Crippen molar-refractivity contribution >= 4 is 0 Å². The molecule has 90 valence electrons. The summed E-state index contributed by atoms with van der Waals surface area (Å²) in [5.41, 5.74) is 0.956. The van der Waals surface area contributed by atoms with Gasteiger partial charge < -0.3 is 9.88 Å². The van der Waals surface area contributed by atoms with Crippen LogP contribution in [-0.4, -0.2) is 26.1 Å². The Morgan fingerprint density at radius 3 is 2.76 bits per heavy atom. The van der Waals surface area contributed by atoms with Crippen LogP contribution in [0.4, 0.5) is 0 Å². The molecule has 0 fully saturated rings. The lowest BCUT2D eigenvalue weighted by atomic mass is 10.1. The van der Waals surface area contributed by atoms with Gasteiger partial charge in [-0.1, -0.05) is 6.92 Å². The van der Waals surface area contributed by atoms with Crippen LogP contribution in [0, 0.1) is 0 Å². The lowest BCUT2D eigenvalue weighted by molar-refractivity contribution is 0.515. The number of nitrogens with zero attached hydrogens (tertiary/aromatic N) is 4. The second kappa shape index (κ2) is 5.54. The van der Waals surface area contributed by atoms with Gasteiger partial charge in [0.2, 0.25) is 0 Å². The fraction of sp³-hybridized carbons (Fsp3) is 0.417. The van der Waals surface area contributed by atoms with Gasteiger partial charge >= 0.3 is 0 Å². The first-order valence-corrected chi connectivity index (χ1v) is 5.76. The number of aromatic nitrogens is 4. The van der Waals surface area contributed by atoms with Crippen molar-refractivity contribution in [3.8, 4) is 0 Å². The highest BCUT2D eigenvalue weighted by molar-refractivity contribution is 5.06. The first-order valence-electron chi connectivity index (χ1n) is 5.76. The molecule has 0 aliphatic carbocycles. The predicted octanol–water partition coefficient (Wildman–Crippen LogP) is 1.10. The Kier molecular flexibility index (Phi) is 3.82. The van der Waals surface area contributed by atoms with E-state index in [1.165, 1.54) is 0 Å². The summed E-state index contributed by atoms with van der Waals surface area (Å²) in [6.07, 6.45) is 9.79. The molecular weight excluding hydrogens is 214 g/mol. The van der Waals surface area contributed by atoms with Gasteiger partial charge in [-0.15, -0.1) is 0 Å². The number of hydrogen-bond acceptors (Lipinski definition) is 4. The van der Waals surface area contributed by atoms with E-state index >= 15 is 0 Å². The molecule has 0 aromatic carbocycles. The SMILES string of the molecule is CCNC(Cc1nccn1C)c1cnccn1. The summed E-state index contributed by atoms with van der Waals surface area (Å²) in [6, 6.07) is 0.162. The van der Waals surface area contributed by atoms with E-state index in [2.05, 4.69) is 27.2 Å². The first kappa shape index (κ1) is 11.7. The van der Waals surface area contributed by atoms with Gasteiger partial charge in [-0.25, -0.2) is 4.98 Å². The van der Waals surface area contributed by atoms with Gasteiger partial charge in [-0.2, -0.15) is 0 Å². The fourth-order valence-corrected chi connectivity index (χ4v) is 1.79. The van der Waals surface area contributed by atoms with Crippen molar-refractivity contribution in [2.75, 3.05) is 6.54 Å². The van der Waals surface area contributed by atoms with Crippen LogP contribution in [0.5, 0.6) is 0 Å². The minimum absolute atomic E-state index is 0.162. The normalized spacial score (nSPS) is 12.6. The molecule has 0 bridgehead atoms. The Morgan fingerprint density at radius 1 is 1.29 bits per heavy atom. The monoisotopic (exact) mass is 231 g/mol. The highest BCUT2D eigenvalue weighted by atomic mass is 15.0. The van der Waals surface area contributed by atoms with Gasteiger partial charge in [0.25, 0.3) is 0 Å². The van der Waals surface area contributed by atoms with Crippen molar-refractivity contribution < 1.29 is 0 Å². The average molecular weight is 231 g/mol. The number of hydrogen-bond donors (Lipinski definition) is 1. The smallest absolute Gasteiger partial charge is 0.110 e. The molecule has 1 atom stereocenters. The van der Waals surface area contributed by atoms with E-state index < -0.39 is 0 Å². The fourth-order valence-electron chi connectivity index (χ4n) is 1.79. The summed E-state index contributed by atoms with van der Waals surface area (Å²) >= 11 is 0. The van der Waals surface area contributed by atoms with E-state index in [-0.39, 0.29) is 6.04 Å². The molecule has 5 heteroatoms. The van der Waals surface area contributed by atoms with E-state index in [0.29, 0.717) is 0 Å². The Balaban J connectivity index is 2.16. The van der Waals surface area contributed by atoms with E-state index in [4.69, 9.17) is 0 Å². The Hall–Kier alpha value is -1.75. The molecule has 0 spiro atoms. The van der Waals surface area contributed by atoms with E-state index in [9.17, 15) is 0 Å². The van der Waals surface area contributed by atoms with Gasteiger partial charge in [0.1, 0.15) is 5.82 Å². The molecule has 17 heavy (non-hydrogen) atoms. The molecule has 0 aliphatic heterocycles. The van der Waals surface area contributed by atoms with Crippen LogP contribution >= 0.6 is 0 Å². The third-order valence-corrected chi connectivity index (χ3v) is 2.70. The van der Waals surface area contributed by atoms with Crippen LogP contribution in [0.1, 0.15) is 24.5 Å². The molecule has 1 unspecified atom stereocenters. The second-order valence-corrected chi connectivity index (χ2v) is 3.90. The Morgan fingerprint density at radius 2 is 2.18 bits per heavy atom. The molecule has 0 saturated carbocycles. The zero-order chi connectivity index (χ0) is 12.1. The summed E-state index contributed by atoms with van der Waals surface area (Å²) in [6.45, 7) is 2.98. The highest BCUT2D eigenvalue weighted by Crippen LogP contribution is 2.14. The summed E-state index contributed by atoms with van der Waals surface area (Å²) in [5, 5.41) is 3.41. The minimum atomic E-state index is 0.162. The van der Waals surface area contributed by atoms with Crippen molar-refractivity contribution in [1.29, 1.82) is 0 Å². The standard InChI is InChI=1S/C12H17N5/c1-3-14-10(11-9-13-4-5-15-11)8-12-16-6-7-17(12)2/h4-7,9-10,14H,3,8H2,1-2H3. The average Bonchev–Trinajstić information content (AvgIpc) is 2.76. The van der Waals surface area contributed by atoms with Crippen LogP contribution in [0.15, 0.2) is 31.0 Å². The van der Waals surface area contributed by atoms with Crippen LogP contribution in [0.3, 0.4) is 0 Å². The number of nitrogens with one attached hydrogen (secondary N) is 1. The van der Waals surface area contributed by atoms with Crippen molar-refractivity contribution in [1.82, 2.24) is 24.8 Å². The summed E-state index contributed by atoms with van der Waals surface area (Å²) < 4.78 is 2.03. The van der Waals surface area contributed by atoms with Crippen molar-refractivity contribution in [2.24, 2.45) is 7.05 Å². The molecule has 1 N–H and O–H groups in total. The second-order valence-electron chi connectivity index (χ2n) is 3.90. The molecule has 2 aromatic rings. The third kappa shape index (κ3) is 2.88. The zero-order valence-corrected chi connectivity index (χ0v) is 10.2. The molecular formula is C12H17N5. The van der Waals surface area contributed by atoms with Crippen LogP contribution < -0.4 is 5.32 Å². The summed E-state index contributed by atoms with van der Waals surface area (Å²) in [4.78, 5) is 12.8. The van der Waals surface area contributed by atoms with Gasteiger partial charge in [0.15, 0.2) is 0 Å². The lowest BCUT2D eigenvalue weighted by Gasteiger charge is -2.16. The van der Waals surface area contributed by atoms with Gasteiger partial charge in [-0.3, -0.25) is 9.97 Å². The zero-order valence-electron chi connectivity index (χ0n) is 10.2. The van der Waals surface area contributed by atoms with Crippen LogP contribution in [-0.2, 0) is 13.5 Å². The largest absolute Gasteiger partial charge is 0.338 e. The van der Waals surface area contributed by atoms with Crippen LogP contribution in [0.25, 0.3) is 0 Å². The predicted molar refractivity (Wildman–Crippen MR) is 65.4 cm³/mol. The molecule has 2 rings (SSSR count). The van der Waals surface area contributed by atoms with E-state index in [1.807, 2.05) is 24.0 Å². The molecule has 0 radical (unpaired) electrons. The number of imidazole rings is 1. The summed E-state index contributed by atoms with van der Waals surface area (Å²) in [7, 11) is 2.00. The Labute approximate surface area is 101 Å². The maximum atomic E-state index is 4.35. The number of likely N-dealkylation sites (N-methyl/N-ethyl adjacent to an activating group) is 1. The van der Waals surface area contributed by atoms with Crippen LogP contribution in [0.2, 0.25) is 0 Å². The van der Waals surface area contributed by atoms with Crippen molar-refractivity contribution in [3.05, 3.63) is 42.5 Å². The summed E-state index contributed by atoms with van der Waals surface area (Å²) in [5.74, 6) is 1.04.